The standard InChI is InChI=1S/C16H15ClN4O2/c17-12-5-3-7-19-15(12)20-9-13-14(10-20)23-16(22)21(13)8-11-4-1-2-6-18-11/h1-7,13-14H,8-10H2/t13-,14+/m0/s1. The van der Waals surface area contributed by atoms with Crippen LogP contribution in [0.5, 0.6) is 0 Å². The van der Waals surface area contributed by atoms with Crippen LogP contribution in [0, 0.1) is 0 Å². The summed E-state index contributed by atoms with van der Waals surface area (Å²) >= 11 is 6.22. The van der Waals surface area contributed by atoms with E-state index in [0.29, 0.717) is 24.7 Å². The lowest BCUT2D eigenvalue weighted by Gasteiger charge is -2.23. The molecule has 2 aromatic heterocycles. The number of hydrogen-bond acceptors (Lipinski definition) is 5. The van der Waals surface area contributed by atoms with Crippen LogP contribution in [0.3, 0.4) is 0 Å². The van der Waals surface area contributed by atoms with E-state index in [-0.39, 0.29) is 18.2 Å². The first-order valence-corrected chi connectivity index (χ1v) is 7.83. The van der Waals surface area contributed by atoms with Gasteiger partial charge in [-0.15, -0.1) is 0 Å². The molecule has 23 heavy (non-hydrogen) atoms. The van der Waals surface area contributed by atoms with Crippen molar-refractivity contribution in [3.8, 4) is 0 Å². The smallest absolute Gasteiger partial charge is 0.410 e. The molecule has 2 atom stereocenters. The van der Waals surface area contributed by atoms with Crippen molar-refractivity contribution in [2.75, 3.05) is 18.0 Å². The molecule has 2 saturated heterocycles. The summed E-state index contributed by atoms with van der Waals surface area (Å²) in [6, 6.07) is 9.28. The van der Waals surface area contributed by atoms with Gasteiger partial charge in [0.15, 0.2) is 0 Å². The SMILES string of the molecule is O=C1O[C@@H]2CN(c3ncccc3Cl)C[C@@H]2N1Cc1ccccn1. The Morgan fingerprint density at radius 3 is 2.83 bits per heavy atom. The lowest BCUT2D eigenvalue weighted by Crippen LogP contribution is -2.37. The Labute approximate surface area is 138 Å². The van der Waals surface area contributed by atoms with Crippen molar-refractivity contribution in [1.29, 1.82) is 0 Å². The number of ether oxygens (including phenoxy) is 1. The van der Waals surface area contributed by atoms with E-state index in [1.165, 1.54) is 0 Å². The number of pyridine rings is 2. The Morgan fingerprint density at radius 1 is 1.17 bits per heavy atom. The average molecular weight is 331 g/mol. The topological polar surface area (TPSA) is 58.6 Å². The zero-order valence-electron chi connectivity index (χ0n) is 12.3. The number of amides is 1. The Balaban J connectivity index is 1.53. The normalized spacial score (nSPS) is 23.1. The highest BCUT2D eigenvalue weighted by molar-refractivity contribution is 6.32. The predicted molar refractivity (Wildman–Crippen MR) is 85.3 cm³/mol. The molecular weight excluding hydrogens is 316 g/mol. The van der Waals surface area contributed by atoms with Crippen molar-refractivity contribution in [2.24, 2.45) is 0 Å². The molecule has 4 heterocycles. The van der Waals surface area contributed by atoms with Gasteiger partial charge >= 0.3 is 6.09 Å². The van der Waals surface area contributed by atoms with Gasteiger partial charge in [-0.2, -0.15) is 0 Å². The maximum absolute atomic E-state index is 12.1. The van der Waals surface area contributed by atoms with Crippen LogP contribution in [0.25, 0.3) is 0 Å². The summed E-state index contributed by atoms with van der Waals surface area (Å²) in [6.07, 6.45) is 3.00. The molecule has 0 radical (unpaired) electrons. The Hall–Kier alpha value is -2.34. The third-order valence-electron chi connectivity index (χ3n) is 4.22. The number of rotatable bonds is 3. The summed E-state index contributed by atoms with van der Waals surface area (Å²) in [7, 11) is 0. The molecule has 2 aliphatic heterocycles. The van der Waals surface area contributed by atoms with Gasteiger partial charge in [-0.3, -0.25) is 9.88 Å². The Kier molecular flexibility index (Phi) is 3.53. The molecule has 4 rings (SSSR count). The fraction of sp³-hybridized carbons (Fsp3) is 0.312. The van der Waals surface area contributed by atoms with Crippen LogP contribution < -0.4 is 4.90 Å². The van der Waals surface area contributed by atoms with Crippen molar-refractivity contribution in [3.63, 3.8) is 0 Å². The molecule has 2 fully saturated rings. The highest BCUT2D eigenvalue weighted by Gasteiger charge is 2.48. The van der Waals surface area contributed by atoms with Crippen molar-refractivity contribution in [3.05, 3.63) is 53.4 Å². The minimum absolute atomic E-state index is 0.0115. The van der Waals surface area contributed by atoms with Gasteiger partial charge in [-0.25, -0.2) is 9.78 Å². The summed E-state index contributed by atoms with van der Waals surface area (Å²) in [5.74, 6) is 0.734. The second kappa shape index (κ2) is 5.70. The minimum Gasteiger partial charge on any atom is -0.442 e. The predicted octanol–water partition coefficient (Wildman–Crippen LogP) is 2.34. The lowest BCUT2D eigenvalue weighted by atomic mass is 10.2. The van der Waals surface area contributed by atoms with Gasteiger partial charge < -0.3 is 9.64 Å². The summed E-state index contributed by atoms with van der Waals surface area (Å²) < 4.78 is 5.51. The molecule has 118 valence electrons. The molecule has 0 spiro atoms. The van der Waals surface area contributed by atoms with E-state index < -0.39 is 0 Å². The van der Waals surface area contributed by atoms with E-state index in [4.69, 9.17) is 16.3 Å². The highest BCUT2D eigenvalue weighted by atomic mass is 35.5. The first-order valence-electron chi connectivity index (χ1n) is 7.45. The van der Waals surface area contributed by atoms with Gasteiger partial charge in [0, 0.05) is 18.9 Å². The molecule has 7 heteroatoms. The van der Waals surface area contributed by atoms with Crippen LogP contribution in [-0.4, -0.2) is 46.2 Å². The molecule has 2 aliphatic rings. The zero-order chi connectivity index (χ0) is 15.8. The van der Waals surface area contributed by atoms with Gasteiger partial charge in [0.1, 0.15) is 11.9 Å². The van der Waals surface area contributed by atoms with Gasteiger partial charge in [0.2, 0.25) is 0 Å². The third kappa shape index (κ3) is 2.59. The summed E-state index contributed by atoms with van der Waals surface area (Å²) in [6.45, 7) is 1.70. The third-order valence-corrected chi connectivity index (χ3v) is 4.52. The fourth-order valence-corrected chi connectivity index (χ4v) is 3.38. The average Bonchev–Trinajstić information content (AvgIpc) is 3.08. The van der Waals surface area contributed by atoms with Crippen LogP contribution in [0.15, 0.2) is 42.7 Å². The van der Waals surface area contributed by atoms with Crippen LogP contribution >= 0.6 is 11.6 Å². The largest absolute Gasteiger partial charge is 0.442 e. The first kappa shape index (κ1) is 14.3. The number of fused-ring (bicyclic) bond motifs is 1. The number of anilines is 1. The van der Waals surface area contributed by atoms with Crippen LogP contribution in [0.1, 0.15) is 5.69 Å². The Morgan fingerprint density at radius 2 is 2.04 bits per heavy atom. The summed E-state index contributed by atoms with van der Waals surface area (Å²) in [4.78, 5) is 24.5. The molecule has 0 aliphatic carbocycles. The van der Waals surface area contributed by atoms with Gasteiger partial charge in [-0.05, 0) is 24.3 Å². The zero-order valence-corrected chi connectivity index (χ0v) is 13.1. The van der Waals surface area contributed by atoms with Crippen molar-refractivity contribution >= 4 is 23.5 Å². The quantitative estimate of drug-likeness (QED) is 0.864. The van der Waals surface area contributed by atoms with E-state index in [2.05, 4.69) is 14.9 Å². The number of hydrogen-bond donors (Lipinski definition) is 0. The van der Waals surface area contributed by atoms with Crippen LogP contribution in [-0.2, 0) is 11.3 Å². The number of aromatic nitrogens is 2. The maximum atomic E-state index is 12.1. The van der Waals surface area contributed by atoms with E-state index in [1.807, 2.05) is 24.3 Å². The van der Waals surface area contributed by atoms with E-state index in [9.17, 15) is 4.79 Å². The van der Waals surface area contributed by atoms with Crippen molar-refractivity contribution in [2.45, 2.75) is 18.7 Å². The summed E-state index contributed by atoms with van der Waals surface area (Å²) in [5.41, 5.74) is 0.847. The monoisotopic (exact) mass is 330 g/mol. The van der Waals surface area contributed by atoms with E-state index in [0.717, 1.165) is 11.5 Å². The van der Waals surface area contributed by atoms with Gasteiger partial charge in [0.05, 0.1) is 29.8 Å². The molecule has 0 bridgehead atoms. The van der Waals surface area contributed by atoms with Crippen molar-refractivity contribution < 1.29 is 9.53 Å². The molecule has 0 N–H and O–H groups in total. The number of nitrogens with zero attached hydrogens (tertiary/aromatic N) is 4. The van der Waals surface area contributed by atoms with Gasteiger partial charge in [-0.1, -0.05) is 17.7 Å². The molecule has 1 amide bonds. The van der Waals surface area contributed by atoms with Crippen molar-refractivity contribution in [1.82, 2.24) is 14.9 Å². The second-order valence-corrected chi connectivity index (χ2v) is 6.06. The Bertz CT molecular complexity index is 727. The molecule has 0 unspecified atom stereocenters. The fourth-order valence-electron chi connectivity index (χ4n) is 3.14. The van der Waals surface area contributed by atoms with E-state index in [1.54, 1.807) is 23.4 Å². The first-order chi connectivity index (χ1) is 11.2. The number of carbonyl (C=O) groups excluding carboxylic acids is 1. The lowest BCUT2D eigenvalue weighted by molar-refractivity contribution is 0.135. The molecule has 0 aromatic carbocycles. The summed E-state index contributed by atoms with van der Waals surface area (Å²) in [5, 5.41) is 0.607. The molecule has 2 aromatic rings. The molecule has 0 saturated carbocycles. The molecular formula is C16H15ClN4O2. The van der Waals surface area contributed by atoms with Crippen LogP contribution in [0.4, 0.5) is 10.6 Å². The number of carbonyl (C=O) groups is 1. The van der Waals surface area contributed by atoms with Gasteiger partial charge in [0.25, 0.3) is 0 Å². The molecule has 6 nitrogen and oxygen atoms in total. The van der Waals surface area contributed by atoms with Crippen LogP contribution in [0.2, 0.25) is 5.02 Å². The maximum Gasteiger partial charge on any atom is 0.410 e. The number of halogens is 1. The second-order valence-electron chi connectivity index (χ2n) is 5.65. The minimum atomic E-state index is -0.280. The highest BCUT2D eigenvalue weighted by Crippen LogP contribution is 2.33. The van der Waals surface area contributed by atoms with E-state index >= 15 is 0 Å².